The highest BCUT2D eigenvalue weighted by Gasteiger charge is 2.21. The molecule has 1 N–H and O–H groups in total. The van der Waals surface area contributed by atoms with Gasteiger partial charge in [0.2, 0.25) is 5.91 Å². The Kier molecular flexibility index (Phi) is 4.81. The fourth-order valence-corrected chi connectivity index (χ4v) is 2.48. The standard InChI is InChI=1S/C15H17ClN4O/c1-3-7-18-15(21)10(2)20-12-6-4-5-11(9-17)14(12)19-13(20)8-16/h4-6,10H,3,7-8H2,1-2H3,(H,18,21). The fraction of sp³-hybridized carbons (Fsp3) is 0.400. The van der Waals surface area contributed by atoms with Gasteiger partial charge in [0, 0.05) is 6.54 Å². The first-order valence-electron chi connectivity index (χ1n) is 6.87. The number of carbonyl (C=O) groups is 1. The first kappa shape index (κ1) is 15.3. The SMILES string of the molecule is CCCNC(=O)C(C)n1c(CCl)nc2c(C#N)cccc21. The van der Waals surface area contributed by atoms with Crippen LogP contribution in [0.15, 0.2) is 18.2 Å². The summed E-state index contributed by atoms with van der Waals surface area (Å²) in [4.78, 5) is 16.6. The molecule has 0 aliphatic heterocycles. The van der Waals surface area contributed by atoms with Crippen molar-refractivity contribution in [2.24, 2.45) is 0 Å². The van der Waals surface area contributed by atoms with Crippen molar-refractivity contribution in [3.05, 3.63) is 29.6 Å². The first-order valence-corrected chi connectivity index (χ1v) is 7.41. The van der Waals surface area contributed by atoms with Crippen LogP contribution in [0, 0.1) is 11.3 Å². The highest BCUT2D eigenvalue weighted by atomic mass is 35.5. The molecule has 1 heterocycles. The smallest absolute Gasteiger partial charge is 0.242 e. The molecule has 21 heavy (non-hydrogen) atoms. The maximum atomic E-state index is 12.2. The van der Waals surface area contributed by atoms with Gasteiger partial charge in [-0.05, 0) is 25.5 Å². The summed E-state index contributed by atoms with van der Waals surface area (Å²) >= 11 is 5.95. The molecule has 2 rings (SSSR count). The summed E-state index contributed by atoms with van der Waals surface area (Å²) < 4.78 is 1.80. The molecule has 0 saturated carbocycles. The Morgan fingerprint density at radius 1 is 1.57 bits per heavy atom. The van der Waals surface area contributed by atoms with E-state index in [0.29, 0.717) is 23.4 Å². The van der Waals surface area contributed by atoms with Crippen molar-refractivity contribution >= 4 is 28.5 Å². The van der Waals surface area contributed by atoms with E-state index >= 15 is 0 Å². The van der Waals surface area contributed by atoms with Gasteiger partial charge in [0.25, 0.3) is 0 Å². The lowest BCUT2D eigenvalue weighted by Crippen LogP contribution is -2.32. The van der Waals surface area contributed by atoms with Gasteiger partial charge in [-0.3, -0.25) is 4.79 Å². The van der Waals surface area contributed by atoms with Crippen LogP contribution in [0.2, 0.25) is 0 Å². The van der Waals surface area contributed by atoms with E-state index in [4.69, 9.17) is 16.9 Å². The molecular weight excluding hydrogens is 288 g/mol. The predicted octanol–water partition coefficient (Wildman–Crippen LogP) is 2.73. The van der Waals surface area contributed by atoms with Gasteiger partial charge < -0.3 is 9.88 Å². The Labute approximate surface area is 128 Å². The number of carbonyl (C=O) groups excluding carboxylic acids is 1. The van der Waals surface area contributed by atoms with Gasteiger partial charge in [0.1, 0.15) is 23.5 Å². The van der Waals surface area contributed by atoms with Crippen LogP contribution in [0.1, 0.15) is 37.7 Å². The minimum atomic E-state index is -0.427. The molecule has 1 unspecified atom stereocenters. The Morgan fingerprint density at radius 3 is 2.95 bits per heavy atom. The van der Waals surface area contributed by atoms with E-state index in [-0.39, 0.29) is 11.8 Å². The lowest BCUT2D eigenvalue weighted by atomic mass is 10.2. The molecule has 6 heteroatoms. The van der Waals surface area contributed by atoms with Crippen molar-refractivity contribution in [3.8, 4) is 6.07 Å². The number of aromatic nitrogens is 2. The minimum Gasteiger partial charge on any atom is -0.354 e. The normalized spacial score (nSPS) is 12.1. The van der Waals surface area contributed by atoms with Crippen molar-refractivity contribution in [2.75, 3.05) is 6.54 Å². The second kappa shape index (κ2) is 6.59. The molecule has 2 aromatic rings. The van der Waals surface area contributed by atoms with Gasteiger partial charge in [0.05, 0.1) is 17.0 Å². The summed E-state index contributed by atoms with van der Waals surface area (Å²) in [6, 6.07) is 7.03. The highest BCUT2D eigenvalue weighted by Crippen LogP contribution is 2.24. The Bertz CT molecular complexity index is 701. The Morgan fingerprint density at radius 2 is 2.33 bits per heavy atom. The average Bonchev–Trinajstić information content (AvgIpc) is 2.90. The average molecular weight is 305 g/mol. The van der Waals surface area contributed by atoms with Crippen LogP contribution in [-0.4, -0.2) is 22.0 Å². The van der Waals surface area contributed by atoms with Gasteiger partial charge in [-0.1, -0.05) is 13.0 Å². The van der Waals surface area contributed by atoms with E-state index in [1.807, 2.05) is 13.0 Å². The molecule has 1 atom stereocenters. The number of halogens is 1. The van der Waals surface area contributed by atoms with Crippen LogP contribution in [-0.2, 0) is 10.7 Å². The molecule has 0 aliphatic carbocycles. The molecule has 0 saturated heterocycles. The summed E-state index contributed by atoms with van der Waals surface area (Å²) in [5.41, 5.74) is 1.83. The zero-order valence-corrected chi connectivity index (χ0v) is 12.8. The predicted molar refractivity (Wildman–Crippen MR) is 82.0 cm³/mol. The van der Waals surface area contributed by atoms with Crippen molar-refractivity contribution in [2.45, 2.75) is 32.2 Å². The maximum Gasteiger partial charge on any atom is 0.242 e. The van der Waals surface area contributed by atoms with Crippen molar-refractivity contribution in [3.63, 3.8) is 0 Å². The molecule has 0 bridgehead atoms. The van der Waals surface area contributed by atoms with Crippen molar-refractivity contribution in [1.82, 2.24) is 14.9 Å². The number of hydrogen-bond donors (Lipinski definition) is 1. The van der Waals surface area contributed by atoms with E-state index < -0.39 is 6.04 Å². The largest absolute Gasteiger partial charge is 0.354 e. The number of benzene rings is 1. The number of nitrogens with one attached hydrogen (secondary N) is 1. The van der Waals surface area contributed by atoms with E-state index in [2.05, 4.69) is 16.4 Å². The molecule has 0 fully saturated rings. The second-order valence-electron chi connectivity index (χ2n) is 4.78. The third-order valence-electron chi connectivity index (χ3n) is 3.35. The van der Waals surface area contributed by atoms with E-state index in [9.17, 15) is 4.79 Å². The third kappa shape index (κ3) is 2.86. The van der Waals surface area contributed by atoms with E-state index in [0.717, 1.165) is 11.9 Å². The van der Waals surface area contributed by atoms with Gasteiger partial charge in [0.15, 0.2) is 0 Å². The number of rotatable bonds is 5. The lowest BCUT2D eigenvalue weighted by Gasteiger charge is -2.16. The quantitative estimate of drug-likeness (QED) is 0.863. The first-order chi connectivity index (χ1) is 10.1. The summed E-state index contributed by atoms with van der Waals surface area (Å²) in [5.74, 6) is 0.698. The number of alkyl halides is 1. The number of nitrogens with zero attached hydrogens (tertiary/aromatic N) is 3. The fourth-order valence-electron chi connectivity index (χ4n) is 2.29. The lowest BCUT2D eigenvalue weighted by molar-refractivity contribution is -0.123. The number of fused-ring (bicyclic) bond motifs is 1. The third-order valence-corrected chi connectivity index (χ3v) is 3.59. The molecule has 1 aromatic carbocycles. The summed E-state index contributed by atoms with van der Waals surface area (Å²) in [7, 11) is 0. The number of nitriles is 1. The van der Waals surface area contributed by atoms with Crippen LogP contribution < -0.4 is 5.32 Å². The number of hydrogen-bond acceptors (Lipinski definition) is 3. The zero-order valence-electron chi connectivity index (χ0n) is 12.1. The number of amides is 1. The number of imidazole rings is 1. The molecule has 1 aromatic heterocycles. The van der Waals surface area contributed by atoms with E-state index in [1.54, 1.807) is 23.6 Å². The Balaban J connectivity index is 2.52. The van der Waals surface area contributed by atoms with Gasteiger partial charge in [-0.2, -0.15) is 5.26 Å². The molecule has 0 spiro atoms. The maximum absolute atomic E-state index is 12.2. The van der Waals surface area contributed by atoms with Crippen molar-refractivity contribution < 1.29 is 4.79 Å². The molecular formula is C15H17ClN4O. The van der Waals surface area contributed by atoms with Crippen LogP contribution >= 0.6 is 11.6 Å². The second-order valence-corrected chi connectivity index (χ2v) is 5.05. The number of para-hydroxylation sites is 1. The minimum absolute atomic E-state index is 0.0788. The topological polar surface area (TPSA) is 70.7 Å². The molecule has 0 aliphatic rings. The summed E-state index contributed by atoms with van der Waals surface area (Å²) in [6.07, 6.45) is 0.879. The summed E-state index contributed by atoms with van der Waals surface area (Å²) in [6.45, 7) is 4.44. The molecule has 5 nitrogen and oxygen atoms in total. The van der Waals surface area contributed by atoms with Gasteiger partial charge >= 0.3 is 0 Å². The van der Waals surface area contributed by atoms with Crippen molar-refractivity contribution in [1.29, 1.82) is 5.26 Å². The van der Waals surface area contributed by atoms with Crippen LogP contribution in [0.25, 0.3) is 11.0 Å². The van der Waals surface area contributed by atoms with Crippen LogP contribution in [0.5, 0.6) is 0 Å². The van der Waals surface area contributed by atoms with Crippen LogP contribution in [0.4, 0.5) is 0 Å². The molecule has 1 amide bonds. The summed E-state index contributed by atoms with van der Waals surface area (Å²) in [5, 5.41) is 12.0. The Hall–Kier alpha value is -2.06. The van der Waals surface area contributed by atoms with Crippen LogP contribution in [0.3, 0.4) is 0 Å². The van der Waals surface area contributed by atoms with Gasteiger partial charge in [-0.25, -0.2) is 4.98 Å². The van der Waals surface area contributed by atoms with Gasteiger partial charge in [-0.15, -0.1) is 11.6 Å². The monoisotopic (exact) mass is 304 g/mol. The highest BCUT2D eigenvalue weighted by molar-refractivity contribution is 6.17. The molecule has 0 radical (unpaired) electrons. The van der Waals surface area contributed by atoms with E-state index in [1.165, 1.54) is 0 Å². The molecule has 110 valence electrons. The zero-order chi connectivity index (χ0) is 15.4.